The molecule has 106 valence electrons. The van der Waals surface area contributed by atoms with Crippen LogP contribution in [0.15, 0.2) is 40.9 Å². The van der Waals surface area contributed by atoms with Crippen molar-refractivity contribution in [1.29, 1.82) is 0 Å². The molecule has 0 saturated carbocycles. The van der Waals surface area contributed by atoms with Crippen LogP contribution in [0.3, 0.4) is 0 Å². The Bertz CT molecular complexity index is 800. The highest BCUT2D eigenvalue weighted by atomic mass is 19.2. The van der Waals surface area contributed by atoms with Gasteiger partial charge in [0, 0.05) is 17.3 Å². The standard InChI is InChI=1S/C14H9F2N3O2/c15-10-5-9(12(17)6-11(10)16)14-18-13(19-21-14)7-1-3-8(20)4-2-7/h1-6,20H,17H2. The molecule has 0 spiro atoms. The summed E-state index contributed by atoms with van der Waals surface area (Å²) in [5.74, 6) is -1.77. The van der Waals surface area contributed by atoms with Gasteiger partial charge in [-0.25, -0.2) is 8.78 Å². The van der Waals surface area contributed by atoms with E-state index in [0.29, 0.717) is 5.56 Å². The molecule has 0 aliphatic rings. The van der Waals surface area contributed by atoms with E-state index in [0.717, 1.165) is 12.1 Å². The van der Waals surface area contributed by atoms with Crippen molar-refractivity contribution in [3.05, 3.63) is 48.0 Å². The van der Waals surface area contributed by atoms with Gasteiger partial charge in [0.1, 0.15) is 5.75 Å². The van der Waals surface area contributed by atoms with E-state index in [1.807, 2.05) is 0 Å². The second-order valence-corrected chi connectivity index (χ2v) is 4.32. The van der Waals surface area contributed by atoms with Crippen molar-refractivity contribution in [2.45, 2.75) is 0 Å². The number of nitrogens with zero attached hydrogens (tertiary/aromatic N) is 2. The van der Waals surface area contributed by atoms with Gasteiger partial charge < -0.3 is 15.4 Å². The van der Waals surface area contributed by atoms with Crippen molar-refractivity contribution in [1.82, 2.24) is 10.1 Å². The van der Waals surface area contributed by atoms with E-state index >= 15 is 0 Å². The van der Waals surface area contributed by atoms with E-state index in [2.05, 4.69) is 10.1 Å². The molecular formula is C14H9F2N3O2. The molecule has 3 rings (SSSR count). The normalized spacial score (nSPS) is 10.8. The number of nitrogen functional groups attached to an aromatic ring is 1. The molecular weight excluding hydrogens is 280 g/mol. The molecule has 0 amide bonds. The number of rotatable bonds is 2. The molecule has 0 bridgehead atoms. The summed E-state index contributed by atoms with van der Waals surface area (Å²) in [5, 5.41) is 13.0. The molecule has 2 aromatic carbocycles. The lowest BCUT2D eigenvalue weighted by atomic mass is 10.1. The van der Waals surface area contributed by atoms with E-state index in [4.69, 9.17) is 10.3 Å². The Hall–Kier alpha value is -2.96. The molecule has 0 radical (unpaired) electrons. The van der Waals surface area contributed by atoms with Gasteiger partial charge in [-0.2, -0.15) is 4.98 Å². The minimum atomic E-state index is -1.05. The van der Waals surface area contributed by atoms with E-state index < -0.39 is 11.6 Å². The third-order valence-corrected chi connectivity index (χ3v) is 2.87. The number of aromatic nitrogens is 2. The van der Waals surface area contributed by atoms with Crippen LogP contribution in [0, 0.1) is 11.6 Å². The summed E-state index contributed by atoms with van der Waals surface area (Å²) >= 11 is 0. The molecule has 7 heteroatoms. The first kappa shape index (κ1) is 13.0. The average Bonchev–Trinajstić information content (AvgIpc) is 2.93. The number of benzene rings is 2. The van der Waals surface area contributed by atoms with Crippen LogP contribution in [0.1, 0.15) is 0 Å². The van der Waals surface area contributed by atoms with Gasteiger partial charge in [-0.15, -0.1) is 0 Å². The van der Waals surface area contributed by atoms with Crippen LogP contribution in [-0.2, 0) is 0 Å². The molecule has 1 heterocycles. The van der Waals surface area contributed by atoms with Crippen molar-refractivity contribution >= 4 is 5.69 Å². The molecule has 3 aromatic rings. The number of phenols is 1. The highest BCUT2D eigenvalue weighted by Crippen LogP contribution is 2.29. The summed E-state index contributed by atoms with van der Waals surface area (Å²) in [5.41, 5.74) is 6.34. The van der Waals surface area contributed by atoms with Gasteiger partial charge in [0.05, 0.1) is 5.56 Å². The zero-order chi connectivity index (χ0) is 15.0. The van der Waals surface area contributed by atoms with Crippen molar-refractivity contribution in [2.24, 2.45) is 0 Å². The Morgan fingerprint density at radius 1 is 1.05 bits per heavy atom. The zero-order valence-electron chi connectivity index (χ0n) is 10.5. The Morgan fingerprint density at radius 2 is 1.71 bits per heavy atom. The summed E-state index contributed by atoms with van der Waals surface area (Å²) in [6, 6.07) is 7.89. The van der Waals surface area contributed by atoms with Crippen LogP contribution in [0.2, 0.25) is 0 Å². The third-order valence-electron chi connectivity index (χ3n) is 2.87. The smallest absolute Gasteiger partial charge is 0.260 e. The molecule has 0 saturated heterocycles. The predicted octanol–water partition coefficient (Wildman–Crippen LogP) is 2.97. The highest BCUT2D eigenvalue weighted by molar-refractivity contribution is 5.71. The first-order valence-corrected chi connectivity index (χ1v) is 5.92. The van der Waals surface area contributed by atoms with Crippen molar-refractivity contribution in [2.75, 3.05) is 5.73 Å². The number of aromatic hydroxyl groups is 1. The topological polar surface area (TPSA) is 85.2 Å². The maximum atomic E-state index is 13.3. The number of nitrogens with two attached hydrogens (primary N) is 1. The SMILES string of the molecule is Nc1cc(F)c(F)cc1-c1nc(-c2ccc(O)cc2)no1. The maximum absolute atomic E-state index is 13.3. The number of hydrogen-bond donors (Lipinski definition) is 2. The van der Waals surface area contributed by atoms with Crippen molar-refractivity contribution in [3.63, 3.8) is 0 Å². The summed E-state index contributed by atoms with van der Waals surface area (Å²) in [4.78, 5) is 4.08. The first-order valence-electron chi connectivity index (χ1n) is 5.92. The van der Waals surface area contributed by atoms with Crippen molar-refractivity contribution < 1.29 is 18.4 Å². The third kappa shape index (κ3) is 2.40. The van der Waals surface area contributed by atoms with Crippen LogP contribution in [0.4, 0.5) is 14.5 Å². The van der Waals surface area contributed by atoms with Crippen LogP contribution in [-0.4, -0.2) is 15.2 Å². The van der Waals surface area contributed by atoms with Crippen LogP contribution in [0.5, 0.6) is 5.75 Å². The van der Waals surface area contributed by atoms with Crippen molar-refractivity contribution in [3.8, 4) is 28.6 Å². The van der Waals surface area contributed by atoms with Gasteiger partial charge in [0.25, 0.3) is 5.89 Å². The fourth-order valence-corrected chi connectivity index (χ4v) is 1.81. The van der Waals surface area contributed by atoms with Crippen LogP contribution in [0.25, 0.3) is 22.8 Å². The average molecular weight is 289 g/mol. The Morgan fingerprint density at radius 3 is 2.43 bits per heavy atom. The fourth-order valence-electron chi connectivity index (χ4n) is 1.81. The second kappa shape index (κ2) is 4.86. The summed E-state index contributed by atoms with van der Waals surface area (Å²) in [6.45, 7) is 0. The predicted molar refractivity (Wildman–Crippen MR) is 71.2 cm³/mol. The highest BCUT2D eigenvalue weighted by Gasteiger charge is 2.16. The van der Waals surface area contributed by atoms with Gasteiger partial charge in [-0.1, -0.05) is 5.16 Å². The fraction of sp³-hybridized carbons (Fsp3) is 0. The lowest BCUT2D eigenvalue weighted by Gasteiger charge is -2.01. The number of hydrogen-bond acceptors (Lipinski definition) is 5. The van der Waals surface area contributed by atoms with E-state index in [1.54, 1.807) is 12.1 Å². The van der Waals surface area contributed by atoms with Gasteiger partial charge in [0.2, 0.25) is 5.82 Å². The number of halogens is 2. The summed E-state index contributed by atoms with van der Waals surface area (Å²) < 4.78 is 31.3. The Kier molecular flexibility index (Phi) is 3.02. The summed E-state index contributed by atoms with van der Waals surface area (Å²) in [7, 11) is 0. The molecule has 0 fully saturated rings. The molecule has 3 N–H and O–H groups in total. The van der Waals surface area contributed by atoms with Gasteiger partial charge in [0.15, 0.2) is 11.6 Å². The molecule has 1 aromatic heterocycles. The van der Waals surface area contributed by atoms with Crippen LogP contribution < -0.4 is 5.73 Å². The molecule has 5 nitrogen and oxygen atoms in total. The number of anilines is 1. The van der Waals surface area contributed by atoms with Crippen LogP contribution >= 0.6 is 0 Å². The van der Waals surface area contributed by atoms with Gasteiger partial charge in [-0.3, -0.25) is 0 Å². The van der Waals surface area contributed by atoms with Gasteiger partial charge >= 0.3 is 0 Å². The Labute approximate surface area is 117 Å². The van der Waals surface area contributed by atoms with E-state index in [-0.39, 0.29) is 28.7 Å². The molecule has 0 aliphatic carbocycles. The monoisotopic (exact) mass is 289 g/mol. The van der Waals surface area contributed by atoms with E-state index in [1.165, 1.54) is 12.1 Å². The molecule has 21 heavy (non-hydrogen) atoms. The zero-order valence-corrected chi connectivity index (χ0v) is 10.5. The lowest BCUT2D eigenvalue weighted by molar-refractivity contribution is 0.431. The Balaban J connectivity index is 2.02. The minimum absolute atomic E-state index is 0.00481. The number of phenolic OH excluding ortho intramolecular Hbond substituents is 1. The minimum Gasteiger partial charge on any atom is -0.508 e. The molecule has 0 unspecified atom stereocenters. The maximum Gasteiger partial charge on any atom is 0.260 e. The molecule has 0 aliphatic heterocycles. The van der Waals surface area contributed by atoms with Gasteiger partial charge in [-0.05, 0) is 30.3 Å². The molecule has 0 atom stereocenters. The van der Waals surface area contributed by atoms with E-state index in [9.17, 15) is 13.9 Å². The first-order chi connectivity index (χ1) is 10.0. The second-order valence-electron chi connectivity index (χ2n) is 4.32. The lowest BCUT2D eigenvalue weighted by Crippen LogP contribution is -1.94. The summed E-state index contributed by atoms with van der Waals surface area (Å²) in [6.07, 6.45) is 0. The largest absolute Gasteiger partial charge is 0.508 e. The quantitative estimate of drug-likeness (QED) is 0.708.